The molecule has 0 bridgehead atoms. The van der Waals surface area contributed by atoms with Crippen molar-refractivity contribution in [3.05, 3.63) is 65.2 Å². The van der Waals surface area contributed by atoms with Crippen LogP contribution in [0.1, 0.15) is 80.8 Å². The normalized spacial score (nSPS) is 17.6. The van der Waals surface area contributed by atoms with E-state index >= 15 is 0 Å². The topological polar surface area (TPSA) is 98.7 Å². The molecule has 40 heavy (non-hydrogen) atoms. The van der Waals surface area contributed by atoms with Crippen LogP contribution in [0.5, 0.6) is 0 Å². The lowest BCUT2D eigenvalue weighted by Gasteiger charge is -2.42. The van der Waals surface area contributed by atoms with Gasteiger partial charge in [-0.1, -0.05) is 39.3 Å². The fraction of sp³-hybridized carbons (Fsp3) is 0.500. The van der Waals surface area contributed by atoms with E-state index in [4.69, 9.17) is 5.11 Å². The number of nitrogens with zero attached hydrogens (tertiary/aromatic N) is 1. The molecule has 0 aromatic heterocycles. The van der Waals surface area contributed by atoms with Crippen LogP contribution in [0.3, 0.4) is 0 Å². The molecule has 1 aliphatic carbocycles. The Bertz CT molecular complexity index is 1160. The summed E-state index contributed by atoms with van der Waals surface area (Å²) in [5.41, 5.74) is 0.862. The molecule has 3 N–H and O–H groups in total. The first-order valence-corrected chi connectivity index (χ1v) is 13.6. The Labute approximate surface area is 233 Å². The first-order chi connectivity index (χ1) is 18.8. The molecule has 218 valence electrons. The van der Waals surface area contributed by atoms with Gasteiger partial charge in [-0.3, -0.25) is 9.59 Å². The molecule has 2 aromatic rings. The minimum atomic E-state index is -4.46. The number of halogens is 3. The fourth-order valence-corrected chi connectivity index (χ4v) is 5.11. The molecule has 1 fully saturated rings. The average molecular weight is 562 g/mol. The maximum absolute atomic E-state index is 13.5. The smallest absolute Gasteiger partial charge is 0.416 e. The number of rotatable bonds is 10. The zero-order valence-corrected chi connectivity index (χ0v) is 23.2. The van der Waals surface area contributed by atoms with Crippen molar-refractivity contribution in [3.63, 3.8) is 0 Å². The number of carbonyl (C=O) groups is 3. The number of benzene rings is 2. The Morgan fingerprint density at radius 1 is 0.950 bits per heavy atom. The van der Waals surface area contributed by atoms with Crippen LogP contribution < -0.4 is 10.6 Å². The third-order valence-corrected chi connectivity index (χ3v) is 8.07. The van der Waals surface area contributed by atoms with Gasteiger partial charge in [0.2, 0.25) is 0 Å². The van der Waals surface area contributed by atoms with E-state index in [0.29, 0.717) is 11.5 Å². The number of hydrogen-bond acceptors (Lipinski definition) is 3. The zero-order valence-electron chi connectivity index (χ0n) is 23.2. The van der Waals surface area contributed by atoms with Crippen molar-refractivity contribution >= 4 is 23.6 Å². The van der Waals surface area contributed by atoms with Crippen molar-refractivity contribution in [1.82, 2.24) is 10.2 Å². The van der Waals surface area contributed by atoms with Crippen molar-refractivity contribution in [1.29, 1.82) is 0 Å². The highest BCUT2D eigenvalue weighted by molar-refractivity contribution is 5.94. The molecule has 10 heteroatoms. The highest BCUT2D eigenvalue weighted by atomic mass is 19.4. The summed E-state index contributed by atoms with van der Waals surface area (Å²) in [4.78, 5) is 38.2. The number of carboxylic acids is 1. The number of amides is 3. The monoisotopic (exact) mass is 561 g/mol. The molecule has 0 spiro atoms. The second kappa shape index (κ2) is 13.2. The Hall–Kier alpha value is -3.56. The van der Waals surface area contributed by atoms with Gasteiger partial charge >= 0.3 is 18.2 Å². The standard InChI is InChI=1S/C30H38F3N3O4/c1-4-29(2,3)22-11-15-25(16-12-22)36(28(40)35-24-13-9-23(10-14-24)30(31,32)33)19-20-5-7-21(8-6-20)27(39)34-18-17-26(37)38/h5-10,13-14,22,25H,4,11-12,15-19H2,1-3H3,(H,34,39)(H,35,40)(H,37,38). The summed E-state index contributed by atoms with van der Waals surface area (Å²) < 4.78 is 38.9. The van der Waals surface area contributed by atoms with Gasteiger partial charge in [-0.15, -0.1) is 0 Å². The zero-order chi connectivity index (χ0) is 29.5. The summed E-state index contributed by atoms with van der Waals surface area (Å²) in [5.74, 6) is -0.841. The Kier molecular flexibility index (Phi) is 10.2. The van der Waals surface area contributed by atoms with Crippen LogP contribution in [0.2, 0.25) is 0 Å². The molecule has 1 aliphatic rings. The van der Waals surface area contributed by atoms with E-state index < -0.39 is 23.7 Å². The number of nitrogens with one attached hydrogen (secondary N) is 2. The van der Waals surface area contributed by atoms with Crippen molar-refractivity contribution < 1.29 is 32.7 Å². The van der Waals surface area contributed by atoms with Gasteiger partial charge in [0, 0.05) is 30.4 Å². The molecule has 1 saturated carbocycles. The molecule has 0 heterocycles. The number of hydrogen-bond donors (Lipinski definition) is 3. The molecular weight excluding hydrogens is 523 g/mol. The summed E-state index contributed by atoms with van der Waals surface area (Å²) >= 11 is 0. The van der Waals surface area contributed by atoms with Gasteiger partial charge in [-0.25, -0.2) is 4.79 Å². The highest BCUT2D eigenvalue weighted by Gasteiger charge is 2.35. The number of anilines is 1. The first-order valence-electron chi connectivity index (χ1n) is 13.6. The van der Waals surface area contributed by atoms with E-state index in [9.17, 15) is 27.6 Å². The summed E-state index contributed by atoms with van der Waals surface area (Å²) in [7, 11) is 0. The van der Waals surface area contributed by atoms with E-state index in [-0.39, 0.29) is 42.6 Å². The Balaban J connectivity index is 1.74. The highest BCUT2D eigenvalue weighted by Crippen LogP contribution is 2.41. The summed E-state index contributed by atoms with van der Waals surface area (Å²) in [6.45, 7) is 7.01. The second-order valence-electron chi connectivity index (χ2n) is 11.1. The predicted octanol–water partition coefficient (Wildman–Crippen LogP) is 6.94. The Morgan fingerprint density at radius 3 is 2.08 bits per heavy atom. The van der Waals surface area contributed by atoms with Crippen molar-refractivity contribution in [2.75, 3.05) is 11.9 Å². The molecule has 3 rings (SSSR count). The van der Waals surface area contributed by atoms with Crippen LogP contribution >= 0.6 is 0 Å². The predicted molar refractivity (Wildman–Crippen MR) is 147 cm³/mol. The first kappa shape index (κ1) is 31.0. The van der Waals surface area contributed by atoms with Crippen LogP contribution in [0, 0.1) is 11.3 Å². The fourth-order valence-electron chi connectivity index (χ4n) is 5.11. The van der Waals surface area contributed by atoms with Gasteiger partial charge in [0.25, 0.3) is 5.91 Å². The molecular formula is C30H38F3N3O4. The minimum absolute atomic E-state index is 0.0192. The minimum Gasteiger partial charge on any atom is -0.481 e. The average Bonchev–Trinajstić information content (AvgIpc) is 2.91. The van der Waals surface area contributed by atoms with Crippen LogP contribution in [0.15, 0.2) is 48.5 Å². The molecule has 0 unspecified atom stereocenters. The van der Waals surface area contributed by atoms with E-state index in [0.717, 1.165) is 49.8 Å². The maximum atomic E-state index is 13.5. The van der Waals surface area contributed by atoms with Crippen molar-refractivity contribution in [3.8, 4) is 0 Å². The number of aliphatic carboxylic acids is 1. The van der Waals surface area contributed by atoms with Gasteiger partial charge in [0.05, 0.1) is 12.0 Å². The summed E-state index contributed by atoms with van der Waals surface area (Å²) in [6, 6.07) is 10.7. The largest absolute Gasteiger partial charge is 0.481 e. The lowest BCUT2D eigenvalue weighted by molar-refractivity contribution is -0.138. The van der Waals surface area contributed by atoms with Gasteiger partial charge in [-0.05, 0) is 79.0 Å². The van der Waals surface area contributed by atoms with E-state index in [2.05, 4.69) is 31.4 Å². The molecule has 2 aromatic carbocycles. The van der Waals surface area contributed by atoms with Gasteiger partial charge < -0.3 is 20.6 Å². The summed E-state index contributed by atoms with van der Waals surface area (Å²) in [6.07, 6.45) is 0.0211. The van der Waals surface area contributed by atoms with Crippen LogP contribution in [0.4, 0.5) is 23.7 Å². The van der Waals surface area contributed by atoms with Gasteiger partial charge in [0.15, 0.2) is 0 Å². The lowest BCUT2D eigenvalue weighted by Crippen LogP contribution is -2.45. The number of carbonyl (C=O) groups excluding carboxylic acids is 2. The molecule has 0 atom stereocenters. The third kappa shape index (κ3) is 8.47. The Morgan fingerprint density at radius 2 is 1.55 bits per heavy atom. The van der Waals surface area contributed by atoms with E-state index in [1.165, 1.54) is 12.1 Å². The number of carboxylic acid groups (broad SMARTS) is 1. The van der Waals surface area contributed by atoms with Crippen LogP contribution in [-0.4, -0.2) is 40.5 Å². The lowest BCUT2D eigenvalue weighted by atomic mass is 9.68. The molecule has 7 nitrogen and oxygen atoms in total. The van der Waals surface area contributed by atoms with Gasteiger partial charge in [-0.2, -0.15) is 13.2 Å². The van der Waals surface area contributed by atoms with E-state index in [1.54, 1.807) is 29.2 Å². The molecule has 0 radical (unpaired) electrons. The van der Waals surface area contributed by atoms with Crippen molar-refractivity contribution in [2.24, 2.45) is 11.3 Å². The molecule has 0 saturated heterocycles. The van der Waals surface area contributed by atoms with Crippen molar-refractivity contribution in [2.45, 2.75) is 78.1 Å². The maximum Gasteiger partial charge on any atom is 0.416 e. The van der Waals surface area contributed by atoms with Gasteiger partial charge in [0.1, 0.15) is 0 Å². The second-order valence-corrected chi connectivity index (χ2v) is 11.1. The summed E-state index contributed by atoms with van der Waals surface area (Å²) in [5, 5.41) is 14.1. The number of alkyl halides is 3. The van der Waals surface area contributed by atoms with E-state index in [1.807, 2.05) is 0 Å². The molecule has 0 aliphatic heterocycles. The third-order valence-electron chi connectivity index (χ3n) is 8.07. The quantitative estimate of drug-likeness (QED) is 0.293. The molecule has 3 amide bonds. The van der Waals surface area contributed by atoms with Crippen LogP contribution in [0.25, 0.3) is 0 Å². The number of urea groups is 1. The van der Waals surface area contributed by atoms with Crippen LogP contribution in [-0.2, 0) is 17.5 Å². The SMILES string of the molecule is CCC(C)(C)C1CCC(N(Cc2ccc(C(=O)NCCC(=O)O)cc2)C(=O)Nc2ccc(C(F)(F)F)cc2)CC1.